The summed E-state index contributed by atoms with van der Waals surface area (Å²) in [4.78, 5) is 0.0697. The second-order valence-corrected chi connectivity index (χ2v) is 8.86. The van der Waals surface area contributed by atoms with Crippen molar-refractivity contribution in [1.29, 1.82) is 5.26 Å². The third-order valence-electron chi connectivity index (χ3n) is 4.45. The zero-order chi connectivity index (χ0) is 20.5. The van der Waals surface area contributed by atoms with E-state index in [-0.39, 0.29) is 4.90 Å². The molecule has 0 radical (unpaired) electrons. The number of aromatic nitrogens is 1. The molecule has 0 unspecified atom stereocenters. The van der Waals surface area contributed by atoms with Crippen molar-refractivity contribution < 1.29 is 8.42 Å². The molecule has 0 aliphatic carbocycles. The summed E-state index contributed by atoms with van der Waals surface area (Å²) in [5.74, 6) is 0. The summed E-state index contributed by atoms with van der Waals surface area (Å²) in [6.07, 6.45) is 1.86. The Morgan fingerprint density at radius 3 is 2.39 bits per heavy atom. The normalized spacial score (nSPS) is 12.0. The molecule has 142 valence electrons. The summed E-state index contributed by atoms with van der Waals surface area (Å²) in [6.45, 7) is 3.92. The summed E-state index contributed by atoms with van der Waals surface area (Å²) in [5.41, 5.74) is 5.06. The van der Waals surface area contributed by atoms with Crippen molar-refractivity contribution in [3.8, 4) is 11.8 Å². The van der Waals surface area contributed by atoms with Crippen LogP contribution in [0.1, 0.15) is 22.5 Å². The first-order valence-electron chi connectivity index (χ1n) is 8.40. The molecule has 3 aromatic rings. The van der Waals surface area contributed by atoms with Gasteiger partial charge in [0.25, 0.3) is 0 Å². The zero-order valence-corrected chi connectivity index (χ0v) is 17.8. The molecule has 0 saturated carbocycles. The van der Waals surface area contributed by atoms with Gasteiger partial charge in [-0.3, -0.25) is 0 Å². The van der Waals surface area contributed by atoms with Gasteiger partial charge in [-0.25, -0.2) is 13.6 Å². The molecule has 0 atom stereocenters. The molecule has 7 heteroatoms. The van der Waals surface area contributed by atoms with Gasteiger partial charge in [0, 0.05) is 21.5 Å². The lowest BCUT2D eigenvalue weighted by molar-refractivity contribution is 0.598. The summed E-state index contributed by atoms with van der Waals surface area (Å²) in [6, 6.07) is 18.3. The van der Waals surface area contributed by atoms with Crippen LogP contribution in [0, 0.1) is 25.2 Å². The lowest BCUT2D eigenvalue weighted by Gasteiger charge is -2.10. The van der Waals surface area contributed by atoms with Crippen molar-refractivity contribution in [2.75, 3.05) is 0 Å². The number of halogens is 1. The molecular weight excluding hydrogens is 438 g/mol. The molecule has 5 nitrogen and oxygen atoms in total. The lowest BCUT2D eigenvalue weighted by Crippen LogP contribution is -2.12. The maximum atomic E-state index is 11.5. The second-order valence-electron chi connectivity index (χ2n) is 6.38. The topological polar surface area (TPSA) is 88.9 Å². The van der Waals surface area contributed by atoms with Crippen LogP contribution in [0.15, 0.2) is 64.0 Å². The number of nitrogens with zero attached hydrogens (tertiary/aromatic N) is 2. The first-order valence-corrected chi connectivity index (χ1v) is 10.7. The molecule has 1 heterocycles. The van der Waals surface area contributed by atoms with Gasteiger partial charge in [0.05, 0.1) is 16.5 Å². The maximum absolute atomic E-state index is 11.5. The van der Waals surface area contributed by atoms with Gasteiger partial charge in [-0.15, -0.1) is 0 Å². The molecule has 28 heavy (non-hydrogen) atoms. The predicted octanol–water partition coefficient (Wildman–Crippen LogP) is 4.57. The average Bonchev–Trinajstić information content (AvgIpc) is 2.92. The number of nitrogens with two attached hydrogens (primary N) is 1. The van der Waals surface area contributed by atoms with Gasteiger partial charge in [-0.2, -0.15) is 5.26 Å². The molecular formula is C21H18BrN3O2S. The number of rotatable bonds is 4. The number of nitriles is 1. The van der Waals surface area contributed by atoms with Gasteiger partial charge in [-0.05, 0) is 73.5 Å². The fraction of sp³-hybridized carbons (Fsp3) is 0.0952. The molecule has 0 saturated heterocycles. The third-order valence-corrected chi connectivity index (χ3v) is 5.87. The molecule has 2 N–H and O–H groups in total. The van der Waals surface area contributed by atoms with Gasteiger partial charge in [0.1, 0.15) is 0 Å². The van der Waals surface area contributed by atoms with E-state index in [1.165, 1.54) is 12.1 Å². The van der Waals surface area contributed by atoms with E-state index in [0.29, 0.717) is 5.57 Å². The molecule has 0 amide bonds. The van der Waals surface area contributed by atoms with E-state index >= 15 is 0 Å². The number of hydrogen-bond donors (Lipinski definition) is 1. The van der Waals surface area contributed by atoms with Gasteiger partial charge in [0.15, 0.2) is 0 Å². The highest BCUT2D eigenvalue weighted by Gasteiger charge is 2.13. The highest BCUT2D eigenvalue weighted by atomic mass is 79.9. The number of hydrogen-bond acceptors (Lipinski definition) is 3. The van der Waals surface area contributed by atoms with E-state index in [1.54, 1.807) is 12.1 Å². The molecule has 2 aromatic carbocycles. The van der Waals surface area contributed by atoms with E-state index in [2.05, 4.69) is 22.0 Å². The van der Waals surface area contributed by atoms with Gasteiger partial charge >= 0.3 is 0 Å². The Morgan fingerprint density at radius 1 is 1.14 bits per heavy atom. The molecule has 1 aromatic heterocycles. The Kier molecular flexibility index (Phi) is 5.57. The summed E-state index contributed by atoms with van der Waals surface area (Å²) in [7, 11) is -3.73. The Hall–Kier alpha value is -2.66. The highest BCUT2D eigenvalue weighted by molar-refractivity contribution is 9.10. The largest absolute Gasteiger partial charge is 0.318 e. The maximum Gasteiger partial charge on any atom is 0.238 e. The van der Waals surface area contributed by atoms with Crippen LogP contribution >= 0.6 is 15.9 Å². The van der Waals surface area contributed by atoms with Crippen molar-refractivity contribution in [3.05, 3.63) is 81.6 Å². The van der Waals surface area contributed by atoms with Gasteiger partial charge in [-0.1, -0.05) is 28.1 Å². The Bertz CT molecular complexity index is 1220. The monoisotopic (exact) mass is 455 g/mol. The minimum Gasteiger partial charge on any atom is -0.318 e. The number of allylic oxidation sites excluding steroid dienone is 1. The van der Waals surface area contributed by atoms with Crippen LogP contribution in [0.5, 0.6) is 0 Å². The minimum atomic E-state index is -3.73. The Morgan fingerprint density at radius 2 is 1.82 bits per heavy atom. The van der Waals surface area contributed by atoms with Crippen LogP contribution in [0.25, 0.3) is 17.3 Å². The molecule has 0 aliphatic heterocycles. The smallest absolute Gasteiger partial charge is 0.238 e. The summed E-state index contributed by atoms with van der Waals surface area (Å²) < 4.78 is 25.8. The van der Waals surface area contributed by atoms with Gasteiger partial charge in [0.2, 0.25) is 10.0 Å². The van der Waals surface area contributed by atoms with Crippen LogP contribution < -0.4 is 5.14 Å². The zero-order valence-electron chi connectivity index (χ0n) is 15.3. The third kappa shape index (κ3) is 4.09. The van der Waals surface area contributed by atoms with E-state index in [9.17, 15) is 13.7 Å². The Labute approximate surface area is 172 Å². The van der Waals surface area contributed by atoms with E-state index in [4.69, 9.17) is 5.14 Å². The van der Waals surface area contributed by atoms with Crippen LogP contribution in [-0.2, 0) is 10.0 Å². The molecule has 0 spiro atoms. The fourth-order valence-corrected chi connectivity index (χ4v) is 4.02. The lowest BCUT2D eigenvalue weighted by atomic mass is 10.0. The van der Waals surface area contributed by atoms with Crippen LogP contribution in [0.3, 0.4) is 0 Å². The van der Waals surface area contributed by atoms with E-state index in [1.807, 2.05) is 54.8 Å². The minimum absolute atomic E-state index is 0.0697. The summed E-state index contributed by atoms with van der Waals surface area (Å²) in [5, 5.41) is 14.8. The van der Waals surface area contributed by atoms with E-state index in [0.717, 1.165) is 32.7 Å². The number of benzene rings is 2. The number of primary sulfonamides is 1. The number of aryl methyl sites for hydroxylation is 1. The van der Waals surface area contributed by atoms with Crippen molar-refractivity contribution >= 4 is 37.6 Å². The predicted molar refractivity (Wildman–Crippen MR) is 114 cm³/mol. The second kappa shape index (κ2) is 7.76. The van der Waals surface area contributed by atoms with Crippen molar-refractivity contribution in [2.24, 2.45) is 5.14 Å². The first kappa shape index (κ1) is 20.1. The molecule has 3 rings (SSSR count). The van der Waals surface area contributed by atoms with Crippen LogP contribution in [-0.4, -0.2) is 13.0 Å². The highest BCUT2D eigenvalue weighted by Crippen LogP contribution is 2.26. The first-order chi connectivity index (χ1) is 13.2. The van der Waals surface area contributed by atoms with Crippen molar-refractivity contribution in [1.82, 2.24) is 4.57 Å². The molecule has 0 fully saturated rings. The van der Waals surface area contributed by atoms with Gasteiger partial charge < -0.3 is 4.57 Å². The fourth-order valence-electron chi connectivity index (χ4n) is 3.11. The molecule has 0 bridgehead atoms. The quantitative estimate of drug-likeness (QED) is 0.584. The summed E-state index contributed by atoms with van der Waals surface area (Å²) >= 11 is 3.43. The molecule has 0 aliphatic rings. The van der Waals surface area contributed by atoms with Crippen molar-refractivity contribution in [2.45, 2.75) is 18.7 Å². The van der Waals surface area contributed by atoms with E-state index < -0.39 is 10.0 Å². The number of sulfonamides is 1. The van der Waals surface area contributed by atoms with Crippen LogP contribution in [0.4, 0.5) is 0 Å². The van der Waals surface area contributed by atoms with Crippen LogP contribution in [0.2, 0.25) is 0 Å². The van der Waals surface area contributed by atoms with Crippen molar-refractivity contribution in [3.63, 3.8) is 0 Å². The SMILES string of the molecule is Cc1cc(/C=C(/C#N)c2cccc(Br)c2)c(C)n1-c1ccc(S(N)(=O)=O)cc1. The standard InChI is InChI=1S/C21H18BrN3O2S/c1-14-10-17(11-18(13-23)16-4-3-5-19(22)12-16)15(2)25(14)20-6-8-21(9-7-20)28(24,26)27/h3-12H,1-2H3,(H2,24,26,27)/b18-11-. The average molecular weight is 456 g/mol. The Balaban J connectivity index is 2.06.